The van der Waals surface area contributed by atoms with E-state index in [1.165, 1.54) is 0 Å². The van der Waals surface area contributed by atoms with Crippen molar-refractivity contribution in [2.24, 2.45) is 0 Å². The molecule has 2 aliphatic rings. The molecule has 166 valence electrons. The van der Waals surface area contributed by atoms with Gasteiger partial charge in [0.25, 0.3) is 5.91 Å². The molecule has 0 saturated carbocycles. The van der Waals surface area contributed by atoms with Crippen molar-refractivity contribution in [3.63, 3.8) is 0 Å². The third-order valence-corrected chi connectivity index (χ3v) is 6.37. The van der Waals surface area contributed by atoms with Crippen LogP contribution in [0.1, 0.15) is 10.4 Å². The van der Waals surface area contributed by atoms with E-state index in [0.717, 1.165) is 62.2 Å². The van der Waals surface area contributed by atoms with Gasteiger partial charge in [-0.15, -0.1) is 0 Å². The minimum absolute atomic E-state index is 0.0875. The van der Waals surface area contributed by atoms with E-state index in [4.69, 9.17) is 0 Å². The van der Waals surface area contributed by atoms with Crippen molar-refractivity contribution in [1.82, 2.24) is 24.3 Å². The molecule has 0 spiro atoms. The number of carbonyl (C=O) groups is 1. The second-order valence-corrected chi connectivity index (χ2v) is 8.44. The molecule has 4 heterocycles. The van der Waals surface area contributed by atoms with E-state index in [1.807, 2.05) is 58.3 Å². The highest BCUT2D eigenvalue weighted by Crippen LogP contribution is 2.21. The Morgan fingerprint density at radius 3 is 1.94 bits per heavy atom. The first-order valence-electron chi connectivity index (χ1n) is 11.2. The first-order chi connectivity index (χ1) is 15.7. The summed E-state index contributed by atoms with van der Waals surface area (Å²) in [5.41, 5.74) is 1.78. The molecule has 0 radical (unpaired) electrons. The predicted octanol–water partition coefficient (Wildman–Crippen LogP) is 1.98. The number of piperazine rings is 2. The predicted molar refractivity (Wildman–Crippen MR) is 126 cm³/mol. The Hall–Kier alpha value is -3.39. The van der Waals surface area contributed by atoms with Crippen LogP contribution in [0.3, 0.4) is 0 Å². The Kier molecular flexibility index (Phi) is 5.77. The fraction of sp³-hybridized carbons (Fsp3) is 0.375. The molecule has 3 aromatic rings. The average Bonchev–Trinajstić information content (AvgIpc) is 3.40. The second kappa shape index (κ2) is 9.00. The average molecular weight is 432 g/mol. The van der Waals surface area contributed by atoms with Gasteiger partial charge in [0.15, 0.2) is 0 Å². The molecule has 1 amide bonds. The molecule has 2 fully saturated rings. The molecule has 2 aliphatic heterocycles. The Morgan fingerprint density at radius 2 is 1.34 bits per heavy atom. The van der Waals surface area contributed by atoms with E-state index in [0.29, 0.717) is 13.1 Å². The Morgan fingerprint density at radius 1 is 0.781 bits per heavy atom. The lowest BCUT2D eigenvalue weighted by atomic mass is 10.1. The van der Waals surface area contributed by atoms with Gasteiger partial charge >= 0.3 is 0 Å². The second-order valence-electron chi connectivity index (χ2n) is 8.44. The van der Waals surface area contributed by atoms with Crippen LogP contribution in [0.4, 0.5) is 11.6 Å². The molecule has 0 aliphatic carbocycles. The molecular formula is C24H29N7O. The highest BCUT2D eigenvalue weighted by atomic mass is 16.2. The van der Waals surface area contributed by atoms with Crippen molar-refractivity contribution in [2.45, 2.75) is 0 Å². The number of likely N-dealkylation sites (N-methyl/N-ethyl adjacent to an activating group) is 1. The molecule has 0 atom stereocenters. The smallest absolute Gasteiger partial charge is 0.253 e. The highest BCUT2D eigenvalue weighted by Gasteiger charge is 2.24. The first-order valence-corrected chi connectivity index (χ1v) is 11.2. The van der Waals surface area contributed by atoms with E-state index in [2.05, 4.69) is 37.8 Å². The van der Waals surface area contributed by atoms with Crippen molar-refractivity contribution >= 4 is 17.5 Å². The van der Waals surface area contributed by atoms with Crippen molar-refractivity contribution < 1.29 is 4.79 Å². The highest BCUT2D eigenvalue weighted by molar-refractivity contribution is 5.94. The normalized spacial score (nSPS) is 17.6. The minimum atomic E-state index is 0.0875. The summed E-state index contributed by atoms with van der Waals surface area (Å²) < 4.78 is 2.03. The summed E-state index contributed by atoms with van der Waals surface area (Å²) in [4.78, 5) is 30.8. The van der Waals surface area contributed by atoms with Gasteiger partial charge in [-0.2, -0.15) is 0 Å². The molecule has 2 aromatic heterocycles. The number of rotatable bonds is 4. The molecular weight excluding hydrogens is 402 g/mol. The third-order valence-electron chi connectivity index (χ3n) is 6.37. The zero-order valence-corrected chi connectivity index (χ0v) is 18.5. The molecule has 5 rings (SSSR count). The third kappa shape index (κ3) is 4.31. The van der Waals surface area contributed by atoms with Crippen molar-refractivity contribution in [3.8, 4) is 5.69 Å². The quantitative estimate of drug-likeness (QED) is 0.630. The van der Waals surface area contributed by atoms with Crippen molar-refractivity contribution in [1.29, 1.82) is 0 Å². The fourth-order valence-electron chi connectivity index (χ4n) is 4.32. The largest absolute Gasteiger partial charge is 0.354 e. The number of carbonyl (C=O) groups excluding carboxylic acids is 1. The maximum Gasteiger partial charge on any atom is 0.253 e. The van der Waals surface area contributed by atoms with Crippen LogP contribution < -0.4 is 9.80 Å². The Bertz CT molecular complexity index is 1030. The summed E-state index contributed by atoms with van der Waals surface area (Å²) in [6.07, 6.45) is 5.66. The van der Waals surface area contributed by atoms with Crippen LogP contribution in [0.15, 0.2) is 61.2 Å². The Labute approximate surface area is 188 Å². The van der Waals surface area contributed by atoms with Crippen LogP contribution in [-0.4, -0.2) is 89.6 Å². The number of aromatic nitrogens is 3. The van der Waals surface area contributed by atoms with E-state index >= 15 is 0 Å². The van der Waals surface area contributed by atoms with Crippen LogP contribution in [-0.2, 0) is 0 Å². The van der Waals surface area contributed by atoms with Gasteiger partial charge in [-0.05, 0) is 43.4 Å². The molecule has 2 saturated heterocycles. The van der Waals surface area contributed by atoms with Gasteiger partial charge in [0, 0.05) is 82.1 Å². The van der Waals surface area contributed by atoms with Gasteiger partial charge in [-0.3, -0.25) is 4.79 Å². The zero-order valence-electron chi connectivity index (χ0n) is 18.5. The summed E-state index contributed by atoms with van der Waals surface area (Å²) in [7, 11) is 2.15. The lowest BCUT2D eigenvalue weighted by molar-refractivity contribution is 0.0746. The summed E-state index contributed by atoms with van der Waals surface area (Å²) in [6.45, 7) is 6.98. The van der Waals surface area contributed by atoms with Crippen molar-refractivity contribution in [2.75, 3.05) is 69.2 Å². The number of benzene rings is 1. The van der Waals surface area contributed by atoms with Gasteiger partial charge < -0.3 is 24.2 Å². The molecule has 0 unspecified atom stereocenters. The van der Waals surface area contributed by atoms with Crippen molar-refractivity contribution in [3.05, 3.63) is 66.7 Å². The van der Waals surface area contributed by atoms with E-state index in [-0.39, 0.29) is 5.91 Å². The number of amides is 1. The molecule has 8 heteroatoms. The molecule has 1 aromatic carbocycles. The number of hydrogen-bond donors (Lipinski definition) is 0. The minimum Gasteiger partial charge on any atom is -0.354 e. The molecule has 0 N–H and O–H groups in total. The van der Waals surface area contributed by atoms with Gasteiger partial charge in [0.05, 0.1) is 0 Å². The lowest BCUT2D eigenvalue weighted by Crippen LogP contribution is -2.49. The molecule has 0 bridgehead atoms. The van der Waals surface area contributed by atoms with E-state index in [9.17, 15) is 4.79 Å². The van der Waals surface area contributed by atoms with E-state index < -0.39 is 0 Å². The summed E-state index contributed by atoms with van der Waals surface area (Å²) in [5, 5.41) is 0. The van der Waals surface area contributed by atoms with Gasteiger partial charge in [0.2, 0.25) is 0 Å². The number of nitrogens with zero attached hydrogens (tertiary/aromatic N) is 7. The summed E-state index contributed by atoms with van der Waals surface area (Å²) in [5.74, 6) is 2.02. The zero-order chi connectivity index (χ0) is 21.9. The standard InChI is InChI=1S/C24H29N7O/c1-27-10-12-29(13-11-27)22-18-23(26-19-25-22)30-14-16-31(17-15-30)24(32)20-4-6-21(7-5-20)28-8-2-3-9-28/h2-9,18-19H,10-17H2,1H3. The Balaban J connectivity index is 1.20. The monoisotopic (exact) mass is 431 g/mol. The maximum absolute atomic E-state index is 13.0. The van der Waals surface area contributed by atoms with E-state index in [1.54, 1.807) is 6.33 Å². The van der Waals surface area contributed by atoms with Gasteiger partial charge in [0.1, 0.15) is 18.0 Å². The first kappa shape index (κ1) is 20.5. The molecule has 32 heavy (non-hydrogen) atoms. The fourth-order valence-corrected chi connectivity index (χ4v) is 4.32. The van der Waals surface area contributed by atoms with Gasteiger partial charge in [-0.1, -0.05) is 0 Å². The maximum atomic E-state index is 13.0. The number of hydrogen-bond acceptors (Lipinski definition) is 6. The summed E-state index contributed by atoms with van der Waals surface area (Å²) >= 11 is 0. The SMILES string of the molecule is CN1CCN(c2cc(N3CCN(C(=O)c4ccc(-n5cccc5)cc4)CC3)ncn2)CC1. The van der Waals surface area contributed by atoms with Gasteiger partial charge in [-0.25, -0.2) is 9.97 Å². The lowest BCUT2D eigenvalue weighted by Gasteiger charge is -2.36. The summed E-state index contributed by atoms with van der Waals surface area (Å²) in [6, 6.07) is 13.9. The number of anilines is 2. The van der Waals surface area contributed by atoms with Crippen LogP contribution in [0.2, 0.25) is 0 Å². The molecule has 8 nitrogen and oxygen atoms in total. The van der Waals surface area contributed by atoms with Crippen LogP contribution in [0.25, 0.3) is 5.69 Å². The van der Waals surface area contributed by atoms with Crippen LogP contribution in [0.5, 0.6) is 0 Å². The topological polar surface area (TPSA) is 60.7 Å². The van der Waals surface area contributed by atoms with Crippen LogP contribution in [0, 0.1) is 0 Å². The van der Waals surface area contributed by atoms with Crippen LogP contribution >= 0.6 is 0 Å².